The number of likely N-dealkylation sites (N-methyl/N-ethyl adjacent to an activating group) is 1. The third-order valence-corrected chi connectivity index (χ3v) is 4.06. The SMILES string of the molecule is CCN(CC(=O)Nc1cc(Cl)ccc1C)Cc1cccc(OC)c1. The summed E-state index contributed by atoms with van der Waals surface area (Å²) < 4.78 is 5.24. The Kier molecular flexibility index (Phi) is 6.64. The summed E-state index contributed by atoms with van der Waals surface area (Å²) in [5.74, 6) is 0.771. The molecule has 0 heterocycles. The number of hydrogen-bond donors (Lipinski definition) is 1. The van der Waals surface area contributed by atoms with Gasteiger partial charge in [0, 0.05) is 17.3 Å². The molecule has 5 heteroatoms. The quantitative estimate of drug-likeness (QED) is 0.820. The van der Waals surface area contributed by atoms with Gasteiger partial charge in [-0.1, -0.05) is 36.7 Å². The molecule has 0 aromatic heterocycles. The van der Waals surface area contributed by atoms with Gasteiger partial charge in [-0.05, 0) is 48.9 Å². The molecule has 0 fully saturated rings. The summed E-state index contributed by atoms with van der Waals surface area (Å²) >= 11 is 6.00. The van der Waals surface area contributed by atoms with Gasteiger partial charge in [0.05, 0.1) is 13.7 Å². The lowest BCUT2D eigenvalue weighted by molar-refractivity contribution is -0.117. The molecular formula is C19H23ClN2O2. The van der Waals surface area contributed by atoms with Crippen LogP contribution in [-0.2, 0) is 11.3 Å². The summed E-state index contributed by atoms with van der Waals surface area (Å²) in [6, 6.07) is 13.4. The first-order chi connectivity index (χ1) is 11.5. The van der Waals surface area contributed by atoms with Gasteiger partial charge in [0.1, 0.15) is 5.75 Å². The molecule has 0 spiro atoms. The average Bonchev–Trinajstić information content (AvgIpc) is 2.57. The van der Waals surface area contributed by atoms with E-state index in [1.165, 1.54) is 0 Å². The van der Waals surface area contributed by atoms with Crippen molar-refractivity contribution in [1.29, 1.82) is 0 Å². The molecule has 2 aromatic rings. The van der Waals surface area contributed by atoms with E-state index in [2.05, 4.69) is 10.2 Å². The van der Waals surface area contributed by atoms with E-state index in [1.807, 2.05) is 50.2 Å². The fourth-order valence-corrected chi connectivity index (χ4v) is 2.60. The second-order valence-corrected chi connectivity index (χ2v) is 6.10. The Labute approximate surface area is 148 Å². The van der Waals surface area contributed by atoms with Crippen LogP contribution in [0.2, 0.25) is 5.02 Å². The number of hydrogen-bond acceptors (Lipinski definition) is 3. The molecule has 2 rings (SSSR count). The van der Waals surface area contributed by atoms with Crippen molar-refractivity contribution < 1.29 is 9.53 Å². The first kappa shape index (κ1) is 18.3. The molecule has 24 heavy (non-hydrogen) atoms. The second-order valence-electron chi connectivity index (χ2n) is 5.66. The average molecular weight is 347 g/mol. The largest absolute Gasteiger partial charge is 0.497 e. The molecule has 0 unspecified atom stereocenters. The number of amides is 1. The van der Waals surface area contributed by atoms with Crippen LogP contribution >= 0.6 is 11.6 Å². The summed E-state index contributed by atoms with van der Waals surface area (Å²) in [7, 11) is 1.65. The maximum absolute atomic E-state index is 12.3. The van der Waals surface area contributed by atoms with E-state index < -0.39 is 0 Å². The van der Waals surface area contributed by atoms with Crippen LogP contribution < -0.4 is 10.1 Å². The van der Waals surface area contributed by atoms with Crippen molar-refractivity contribution in [2.45, 2.75) is 20.4 Å². The molecule has 0 saturated heterocycles. The van der Waals surface area contributed by atoms with Crippen LogP contribution in [0.25, 0.3) is 0 Å². The molecule has 0 radical (unpaired) electrons. The third kappa shape index (κ3) is 5.25. The van der Waals surface area contributed by atoms with Gasteiger partial charge >= 0.3 is 0 Å². The number of ether oxygens (including phenoxy) is 1. The van der Waals surface area contributed by atoms with Crippen molar-refractivity contribution in [3.05, 3.63) is 58.6 Å². The van der Waals surface area contributed by atoms with Gasteiger partial charge < -0.3 is 10.1 Å². The van der Waals surface area contributed by atoms with Crippen molar-refractivity contribution in [2.75, 3.05) is 25.5 Å². The van der Waals surface area contributed by atoms with Crippen LogP contribution in [0.1, 0.15) is 18.1 Å². The minimum Gasteiger partial charge on any atom is -0.497 e. The number of anilines is 1. The standard InChI is InChI=1S/C19H23ClN2O2/c1-4-22(12-15-6-5-7-17(10-15)24-3)13-19(23)21-18-11-16(20)9-8-14(18)2/h5-11H,4,12-13H2,1-3H3,(H,21,23). The lowest BCUT2D eigenvalue weighted by Gasteiger charge is -2.20. The minimum atomic E-state index is -0.0508. The summed E-state index contributed by atoms with van der Waals surface area (Å²) in [6.45, 7) is 5.77. The zero-order chi connectivity index (χ0) is 17.5. The number of nitrogens with zero attached hydrogens (tertiary/aromatic N) is 1. The van der Waals surface area contributed by atoms with E-state index in [1.54, 1.807) is 13.2 Å². The highest BCUT2D eigenvalue weighted by molar-refractivity contribution is 6.31. The van der Waals surface area contributed by atoms with Gasteiger partial charge in [-0.3, -0.25) is 9.69 Å². The Morgan fingerprint density at radius 1 is 1.25 bits per heavy atom. The van der Waals surface area contributed by atoms with Crippen molar-refractivity contribution >= 4 is 23.2 Å². The van der Waals surface area contributed by atoms with E-state index >= 15 is 0 Å². The monoisotopic (exact) mass is 346 g/mol. The molecule has 2 aromatic carbocycles. The van der Waals surface area contributed by atoms with E-state index in [0.29, 0.717) is 18.1 Å². The third-order valence-electron chi connectivity index (χ3n) is 3.83. The highest BCUT2D eigenvalue weighted by Crippen LogP contribution is 2.20. The number of carbonyl (C=O) groups is 1. The Hall–Kier alpha value is -2.04. The molecular weight excluding hydrogens is 324 g/mol. The van der Waals surface area contributed by atoms with Crippen molar-refractivity contribution in [1.82, 2.24) is 4.90 Å². The van der Waals surface area contributed by atoms with Gasteiger partial charge in [0.2, 0.25) is 5.91 Å². The Morgan fingerprint density at radius 3 is 2.75 bits per heavy atom. The van der Waals surface area contributed by atoms with E-state index in [4.69, 9.17) is 16.3 Å². The minimum absolute atomic E-state index is 0.0508. The number of rotatable bonds is 7. The molecule has 0 saturated carbocycles. The lowest BCUT2D eigenvalue weighted by Crippen LogP contribution is -2.32. The molecule has 128 valence electrons. The molecule has 0 atom stereocenters. The van der Waals surface area contributed by atoms with Gasteiger partial charge in [-0.2, -0.15) is 0 Å². The van der Waals surface area contributed by atoms with Crippen LogP contribution in [0.3, 0.4) is 0 Å². The first-order valence-corrected chi connectivity index (χ1v) is 8.31. The topological polar surface area (TPSA) is 41.6 Å². The number of benzene rings is 2. The zero-order valence-corrected chi connectivity index (χ0v) is 15.1. The van der Waals surface area contributed by atoms with Crippen LogP contribution in [0, 0.1) is 6.92 Å². The molecule has 0 aliphatic carbocycles. The van der Waals surface area contributed by atoms with Crippen molar-refractivity contribution in [3.63, 3.8) is 0 Å². The molecule has 0 bridgehead atoms. The summed E-state index contributed by atoms with van der Waals surface area (Å²) in [4.78, 5) is 14.4. The molecule has 0 aliphatic rings. The predicted octanol–water partition coefficient (Wildman–Crippen LogP) is 4.12. The predicted molar refractivity (Wildman–Crippen MR) is 98.8 cm³/mol. The van der Waals surface area contributed by atoms with Crippen LogP contribution in [-0.4, -0.2) is 31.0 Å². The van der Waals surface area contributed by atoms with Gasteiger partial charge in [-0.15, -0.1) is 0 Å². The first-order valence-electron chi connectivity index (χ1n) is 7.93. The zero-order valence-electron chi connectivity index (χ0n) is 14.3. The highest BCUT2D eigenvalue weighted by Gasteiger charge is 2.11. The fourth-order valence-electron chi connectivity index (χ4n) is 2.43. The van der Waals surface area contributed by atoms with Crippen molar-refractivity contribution in [3.8, 4) is 5.75 Å². The smallest absolute Gasteiger partial charge is 0.238 e. The second kappa shape index (κ2) is 8.71. The lowest BCUT2D eigenvalue weighted by atomic mass is 10.2. The van der Waals surface area contributed by atoms with E-state index in [0.717, 1.165) is 29.1 Å². The number of nitrogens with one attached hydrogen (secondary N) is 1. The van der Waals surface area contributed by atoms with Gasteiger partial charge in [-0.25, -0.2) is 0 Å². The molecule has 4 nitrogen and oxygen atoms in total. The number of halogens is 1. The Balaban J connectivity index is 1.98. The summed E-state index contributed by atoms with van der Waals surface area (Å²) in [6.07, 6.45) is 0. The van der Waals surface area contributed by atoms with Gasteiger partial charge in [0.15, 0.2) is 0 Å². The number of aryl methyl sites for hydroxylation is 1. The van der Waals surface area contributed by atoms with Gasteiger partial charge in [0.25, 0.3) is 0 Å². The van der Waals surface area contributed by atoms with Crippen molar-refractivity contribution in [2.24, 2.45) is 0 Å². The van der Waals surface area contributed by atoms with Crippen LogP contribution in [0.4, 0.5) is 5.69 Å². The molecule has 0 aliphatic heterocycles. The fraction of sp³-hybridized carbons (Fsp3) is 0.316. The number of methoxy groups -OCH3 is 1. The summed E-state index contributed by atoms with van der Waals surface area (Å²) in [5.41, 5.74) is 2.86. The van der Waals surface area contributed by atoms with Crippen LogP contribution in [0.15, 0.2) is 42.5 Å². The maximum Gasteiger partial charge on any atom is 0.238 e. The maximum atomic E-state index is 12.3. The molecule has 1 N–H and O–H groups in total. The Bertz CT molecular complexity index is 704. The number of carbonyl (C=O) groups excluding carboxylic acids is 1. The van der Waals surface area contributed by atoms with Crippen LogP contribution in [0.5, 0.6) is 5.75 Å². The highest BCUT2D eigenvalue weighted by atomic mass is 35.5. The molecule has 1 amide bonds. The van der Waals surface area contributed by atoms with E-state index in [9.17, 15) is 4.79 Å². The summed E-state index contributed by atoms with van der Waals surface area (Å²) in [5, 5.41) is 3.55. The van der Waals surface area contributed by atoms with E-state index in [-0.39, 0.29) is 5.91 Å². The normalized spacial score (nSPS) is 10.7. The Morgan fingerprint density at radius 2 is 2.04 bits per heavy atom.